The van der Waals surface area contributed by atoms with E-state index in [1.807, 2.05) is 44.2 Å². The van der Waals surface area contributed by atoms with Crippen LogP contribution in [-0.4, -0.2) is 81.8 Å². The molecule has 0 aliphatic heterocycles. The van der Waals surface area contributed by atoms with Crippen LogP contribution in [0.4, 0.5) is 22.6 Å². The second-order valence-electron chi connectivity index (χ2n) is 17.2. The van der Waals surface area contributed by atoms with Gasteiger partial charge in [0.25, 0.3) is 0 Å². The average Bonchev–Trinajstić information content (AvgIpc) is 3.55. The number of thiazole rings is 1. The van der Waals surface area contributed by atoms with Crippen molar-refractivity contribution in [2.75, 3.05) is 50.1 Å². The number of ether oxygens (including phenoxy) is 1. The summed E-state index contributed by atoms with van der Waals surface area (Å²) in [5.74, 6) is 0.219. The van der Waals surface area contributed by atoms with Gasteiger partial charge in [-0.25, -0.2) is 14.8 Å². The Labute approximate surface area is 332 Å². The third-order valence-corrected chi connectivity index (χ3v) is 12.9. The van der Waals surface area contributed by atoms with Gasteiger partial charge < -0.3 is 35.8 Å². The van der Waals surface area contributed by atoms with Gasteiger partial charge in [-0.15, -0.1) is 10.2 Å². The number of para-hydroxylation sites is 1. The first kappa shape index (κ1) is 39.7. The van der Waals surface area contributed by atoms with E-state index >= 15 is 0 Å². The number of anilines is 4. The van der Waals surface area contributed by atoms with Gasteiger partial charge >= 0.3 is 5.97 Å². The predicted molar refractivity (Wildman–Crippen MR) is 218 cm³/mol. The van der Waals surface area contributed by atoms with Gasteiger partial charge in [0, 0.05) is 38.1 Å². The van der Waals surface area contributed by atoms with E-state index in [4.69, 9.17) is 9.84 Å². The fourth-order valence-electron chi connectivity index (χ4n) is 10.8. The average molecular weight is 781 g/mol. The third kappa shape index (κ3) is 8.28. The topological polar surface area (TPSA) is 186 Å². The number of fused-ring (bicyclic) bond motifs is 1. The Hall–Kier alpha value is -4.52. The van der Waals surface area contributed by atoms with E-state index in [1.54, 1.807) is 24.1 Å². The highest BCUT2D eigenvalue weighted by Gasteiger charge is 2.66. The number of carboxylic acids is 1. The summed E-state index contributed by atoms with van der Waals surface area (Å²) in [6.45, 7) is 12.1. The van der Waals surface area contributed by atoms with Crippen LogP contribution in [-0.2, 0) is 4.74 Å². The zero-order valence-electron chi connectivity index (χ0n) is 33.1. The van der Waals surface area contributed by atoms with E-state index in [0.29, 0.717) is 40.3 Å². The molecular formula is C42H54N9O4S+. The van der Waals surface area contributed by atoms with Crippen LogP contribution in [0, 0.1) is 34.5 Å². The molecule has 4 bridgehead atoms. The molecule has 3 heterocycles. The molecular weight excluding hydrogens is 727 g/mol. The molecule has 2 unspecified atom stereocenters. The van der Waals surface area contributed by atoms with Crippen LogP contribution in [0.3, 0.4) is 0 Å². The van der Waals surface area contributed by atoms with E-state index in [0.717, 1.165) is 86.1 Å². The van der Waals surface area contributed by atoms with Gasteiger partial charge in [-0.3, -0.25) is 0 Å². The number of nitrogens with zero attached hydrogens (tertiary/aromatic N) is 6. The zero-order valence-corrected chi connectivity index (χ0v) is 33.9. The van der Waals surface area contributed by atoms with Crippen molar-refractivity contribution in [2.45, 2.75) is 84.7 Å². The summed E-state index contributed by atoms with van der Waals surface area (Å²) in [7, 11) is 1.76. The molecule has 296 valence electrons. The SMILES string of the molecule is C/C([NH2+]CC12CC3(C)CC(C)(C1)CC(OCCNCCCCO)(C3)C2)=C(/C#N)c1ccc(N(C)c2cc(C)c(Nc3nc4ccccc4s3)nn2)nc1C(=O)O. The van der Waals surface area contributed by atoms with Gasteiger partial charge in [-0.05, 0) is 112 Å². The maximum atomic E-state index is 12.7. The molecule has 4 aliphatic carbocycles. The second kappa shape index (κ2) is 15.8. The number of aromatic nitrogens is 4. The third-order valence-electron chi connectivity index (χ3n) is 12.0. The molecule has 1 aromatic carbocycles. The Kier molecular flexibility index (Phi) is 11.2. The molecule has 4 saturated carbocycles. The number of pyridine rings is 1. The predicted octanol–water partition coefficient (Wildman–Crippen LogP) is 6.32. The van der Waals surface area contributed by atoms with Crippen LogP contribution in [0.25, 0.3) is 15.8 Å². The van der Waals surface area contributed by atoms with Crippen molar-refractivity contribution in [2.24, 2.45) is 16.2 Å². The van der Waals surface area contributed by atoms with Crippen LogP contribution in [0.5, 0.6) is 0 Å². The quantitative estimate of drug-likeness (QED) is 0.0595. The lowest BCUT2D eigenvalue weighted by Gasteiger charge is -2.68. The summed E-state index contributed by atoms with van der Waals surface area (Å²) in [5, 5.41) is 48.3. The highest BCUT2D eigenvalue weighted by Crippen LogP contribution is 2.71. The maximum Gasteiger partial charge on any atom is 0.355 e. The zero-order chi connectivity index (χ0) is 39.7. The van der Waals surface area contributed by atoms with E-state index in [1.165, 1.54) is 17.8 Å². The van der Waals surface area contributed by atoms with Gasteiger partial charge in [0.1, 0.15) is 23.2 Å². The monoisotopic (exact) mass is 780 g/mol. The lowest BCUT2D eigenvalue weighted by Crippen LogP contribution is -2.86. The van der Waals surface area contributed by atoms with Crippen molar-refractivity contribution in [1.82, 2.24) is 25.5 Å². The number of nitrogens with one attached hydrogen (secondary N) is 2. The van der Waals surface area contributed by atoms with E-state index in [9.17, 15) is 15.2 Å². The minimum atomic E-state index is -1.21. The largest absolute Gasteiger partial charge is 0.476 e. The fourth-order valence-corrected chi connectivity index (χ4v) is 11.6. The van der Waals surface area contributed by atoms with Crippen molar-refractivity contribution >= 4 is 55.7 Å². The molecule has 13 nitrogen and oxygen atoms in total. The fraction of sp³-hybridized carbons (Fsp3) is 0.524. The van der Waals surface area contributed by atoms with Crippen LogP contribution in [0.2, 0.25) is 0 Å². The smallest absolute Gasteiger partial charge is 0.355 e. The van der Waals surface area contributed by atoms with Crippen molar-refractivity contribution in [3.05, 3.63) is 65.0 Å². The molecule has 4 aliphatic rings. The number of aliphatic hydroxyl groups is 1. The van der Waals surface area contributed by atoms with E-state index < -0.39 is 5.97 Å². The first-order valence-electron chi connectivity index (χ1n) is 19.6. The number of rotatable bonds is 17. The molecule has 6 N–H and O–H groups in total. The molecule has 8 rings (SSSR count). The summed E-state index contributed by atoms with van der Waals surface area (Å²) in [6.07, 6.45) is 8.35. The molecule has 2 atom stereocenters. The molecule has 56 heavy (non-hydrogen) atoms. The number of allylic oxidation sites excluding steroid dienone is 2. The van der Waals surface area contributed by atoms with Crippen LogP contribution >= 0.6 is 11.3 Å². The van der Waals surface area contributed by atoms with E-state index in [-0.39, 0.29) is 34.1 Å². The van der Waals surface area contributed by atoms with E-state index in [2.05, 4.69) is 56.0 Å². The number of quaternary nitrogens is 1. The minimum Gasteiger partial charge on any atom is -0.476 e. The van der Waals surface area contributed by atoms with Crippen molar-refractivity contribution in [1.29, 1.82) is 5.26 Å². The summed E-state index contributed by atoms with van der Waals surface area (Å²) >= 11 is 1.53. The number of nitriles is 1. The number of hydrogen-bond donors (Lipinski definition) is 5. The molecule has 14 heteroatoms. The number of carbonyl (C=O) groups is 1. The maximum absolute atomic E-state index is 12.7. The normalized spacial score (nSPS) is 25.6. The number of aromatic carboxylic acids is 1. The summed E-state index contributed by atoms with van der Waals surface area (Å²) in [4.78, 5) is 23.5. The standard InChI is InChI=1S/C42H53N9O4S/c1-27-18-34(49-50-36(27)48-38-46-31-10-6-7-11-32(31)56-38)51(5)33-13-12-29(35(47-33)37(53)54)30(19-43)28(2)45-26-41-21-39(3)20-40(4,22-41)24-42(23-39,25-41)55-17-15-44-14-8-9-16-52/h6-7,10-13,18,44-45,52H,8-9,14-17,20-26H2,1-5H3,(H,53,54)(H,46,48,50)/p+1/b30-28+. The molecule has 4 aromatic rings. The summed E-state index contributed by atoms with van der Waals surface area (Å²) < 4.78 is 7.89. The number of carboxylic acid groups (broad SMARTS) is 1. The molecule has 0 spiro atoms. The Balaban J connectivity index is 1.06. The lowest BCUT2D eigenvalue weighted by atomic mass is 9.39. The van der Waals surface area contributed by atoms with Gasteiger partial charge in [-0.1, -0.05) is 37.3 Å². The van der Waals surface area contributed by atoms with Crippen LogP contribution in [0.15, 0.2) is 48.2 Å². The second-order valence-corrected chi connectivity index (χ2v) is 18.3. The van der Waals surface area contributed by atoms with Crippen molar-refractivity contribution in [3.63, 3.8) is 0 Å². The Morgan fingerprint density at radius 3 is 2.48 bits per heavy atom. The van der Waals surface area contributed by atoms with Gasteiger partial charge in [0.2, 0.25) is 0 Å². The molecule has 0 saturated heterocycles. The number of hydrogen-bond acceptors (Lipinski definition) is 12. The van der Waals surface area contributed by atoms with Gasteiger partial charge in [0.15, 0.2) is 22.5 Å². The molecule has 4 fully saturated rings. The number of aliphatic hydroxyl groups excluding tert-OH is 1. The van der Waals surface area contributed by atoms with Gasteiger partial charge in [0.05, 0.1) is 29.0 Å². The van der Waals surface area contributed by atoms with Crippen molar-refractivity contribution < 1.29 is 25.1 Å². The first-order valence-corrected chi connectivity index (χ1v) is 20.4. The highest BCUT2D eigenvalue weighted by atomic mass is 32.1. The Morgan fingerprint density at radius 2 is 1.79 bits per heavy atom. The minimum absolute atomic E-state index is 0.0493. The summed E-state index contributed by atoms with van der Waals surface area (Å²) in [5.41, 5.74) is 3.18. The Morgan fingerprint density at radius 1 is 1.02 bits per heavy atom. The number of unbranched alkanes of at least 4 members (excludes halogenated alkanes) is 1. The van der Waals surface area contributed by atoms with Crippen molar-refractivity contribution in [3.8, 4) is 6.07 Å². The number of nitrogens with two attached hydrogens (primary N) is 1. The lowest BCUT2D eigenvalue weighted by molar-refractivity contribution is -0.623. The van der Waals surface area contributed by atoms with Gasteiger partial charge in [-0.2, -0.15) is 5.26 Å². The highest BCUT2D eigenvalue weighted by molar-refractivity contribution is 7.22. The molecule has 0 radical (unpaired) electrons. The Bertz CT molecular complexity index is 2130. The van der Waals surface area contributed by atoms with Crippen LogP contribution < -0.4 is 20.9 Å². The number of benzene rings is 1. The molecule has 3 aromatic heterocycles. The summed E-state index contributed by atoms with van der Waals surface area (Å²) in [6, 6.07) is 15.5. The number of aryl methyl sites for hydroxylation is 1. The first-order chi connectivity index (χ1) is 26.8. The molecule has 0 amide bonds. The van der Waals surface area contributed by atoms with Crippen LogP contribution in [0.1, 0.15) is 93.8 Å².